The smallest absolute Gasteiger partial charge is 0.263 e. The average molecular weight is 407 g/mol. The second-order valence-electron chi connectivity index (χ2n) is 7.06. The zero-order valence-corrected chi connectivity index (χ0v) is 17.0. The average Bonchev–Trinajstić information content (AvgIpc) is 2.63. The lowest BCUT2D eigenvalue weighted by Gasteiger charge is -2.31. The maximum Gasteiger partial charge on any atom is 0.263 e. The summed E-state index contributed by atoms with van der Waals surface area (Å²) >= 11 is 6.16. The van der Waals surface area contributed by atoms with Crippen molar-refractivity contribution in [3.05, 3.63) is 58.6 Å². The Morgan fingerprint density at radius 2 is 1.96 bits per heavy atom. The SMILES string of the molecule is Cc1ccccc1NS(=O)(=O)c1cc(C(=O)N2CCC[C@H](C)C2)ccc1Cl. The maximum atomic E-state index is 12.9. The Kier molecular flexibility index (Phi) is 5.77. The second kappa shape index (κ2) is 7.90. The van der Waals surface area contributed by atoms with Crippen LogP contribution >= 0.6 is 11.6 Å². The first-order valence-corrected chi connectivity index (χ1v) is 10.8. The molecule has 0 saturated carbocycles. The lowest BCUT2D eigenvalue weighted by molar-refractivity contribution is 0.0683. The van der Waals surface area contributed by atoms with Crippen LogP contribution in [0.25, 0.3) is 0 Å². The summed E-state index contributed by atoms with van der Waals surface area (Å²) in [5.74, 6) is 0.284. The van der Waals surface area contributed by atoms with Crippen LogP contribution in [0.5, 0.6) is 0 Å². The number of halogens is 1. The van der Waals surface area contributed by atoms with Gasteiger partial charge in [0, 0.05) is 18.7 Å². The molecule has 7 heteroatoms. The van der Waals surface area contributed by atoms with Crippen LogP contribution in [0.2, 0.25) is 5.02 Å². The Bertz CT molecular complexity index is 959. The summed E-state index contributed by atoms with van der Waals surface area (Å²) in [6.07, 6.45) is 2.06. The van der Waals surface area contributed by atoms with Crippen LogP contribution in [0.3, 0.4) is 0 Å². The number of para-hydroxylation sites is 1. The number of amides is 1. The van der Waals surface area contributed by atoms with Gasteiger partial charge in [-0.15, -0.1) is 0 Å². The van der Waals surface area contributed by atoms with E-state index in [0.29, 0.717) is 30.3 Å². The molecular weight excluding hydrogens is 384 g/mol. The Balaban J connectivity index is 1.90. The van der Waals surface area contributed by atoms with E-state index in [4.69, 9.17) is 11.6 Å². The van der Waals surface area contributed by atoms with Crippen LogP contribution in [-0.2, 0) is 10.0 Å². The van der Waals surface area contributed by atoms with Gasteiger partial charge >= 0.3 is 0 Å². The largest absolute Gasteiger partial charge is 0.338 e. The number of hydrogen-bond donors (Lipinski definition) is 1. The zero-order valence-electron chi connectivity index (χ0n) is 15.4. The quantitative estimate of drug-likeness (QED) is 0.822. The first-order chi connectivity index (χ1) is 12.8. The number of sulfonamides is 1. The summed E-state index contributed by atoms with van der Waals surface area (Å²) in [4.78, 5) is 14.5. The third kappa shape index (κ3) is 4.45. The highest BCUT2D eigenvalue weighted by atomic mass is 35.5. The Hall–Kier alpha value is -2.05. The number of nitrogens with one attached hydrogen (secondary N) is 1. The first kappa shape index (κ1) is 19.7. The molecule has 2 aromatic rings. The summed E-state index contributed by atoms with van der Waals surface area (Å²) in [5, 5.41) is 0.0830. The van der Waals surface area contributed by atoms with Crippen LogP contribution in [0.15, 0.2) is 47.4 Å². The van der Waals surface area contributed by atoms with Crippen molar-refractivity contribution in [1.29, 1.82) is 0 Å². The molecule has 0 aromatic heterocycles. The summed E-state index contributed by atoms with van der Waals surface area (Å²) in [6, 6.07) is 11.5. The molecule has 1 saturated heterocycles. The predicted octanol–water partition coefficient (Wildman–Crippen LogP) is 4.32. The molecule has 1 N–H and O–H groups in total. The predicted molar refractivity (Wildman–Crippen MR) is 108 cm³/mol. The van der Waals surface area contributed by atoms with Gasteiger partial charge in [-0.05, 0) is 55.5 Å². The van der Waals surface area contributed by atoms with E-state index in [1.54, 1.807) is 23.1 Å². The van der Waals surface area contributed by atoms with Crippen molar-refractivity contribution in [3.63, 3.8) is 0 Å². The molecule has 1 fully saturated rings. The number of anilines is 1. The number of carbonyl (C=O) groups excluding carboxylic acids is 1. The first-order valence-electron chi connectivity index (χ1n) is 8.95. The molecule has 0 aliphatic carbocycles. The van der Waals surface area contributed by atoms with Crippen LogP contribution in [0.1, 0.15) is 35.7 Å². The van der Waals surface area contributed by atoms with Gasteiger partial charge in [-0.25, -0.2) is 8.42 Å². The summed E-state index contributed by atoms with van der Waals surface area (Å²) < 4.78 is 28.3. The normalized spacial score (nSPS) is 17.6. The van der Waals surface area contributed by atoms with Crippen LogP contribution in [-0.4, -0.2) is 32.3 Å². The second-order valence-corrected chi connectivity index (χ2v) is 9.12. The molecule has 0 bridgehead atoms. The van der Waals surface area contributed by atoms with E-state index < -0.39 is 10.0 Å². The fourth-order valence-electron chi connectivity index (χ4n) is 3.29. The highest BCUT2D eigenvalue weighted by Crippen LogP contribution is 2.27. The van der Waals surface area contributed by atoms with Crippen LogP contribution < -0.4 is 4.72 Å². The standard InChI is InChI=1S/C20H23ClN2O3S/c1-14-6-5-11-23(13-14)20(24)16-9-10-17(21)19(12-16)27(25,26)22-18-8-4-3-7-15(18)2/h3-4,7-10,12,14,22H,5-6,11,13H2,1-2H3/t14-/m0/s1. The minimum atomic E-state index is -3.92. The maximum absolute atomic E-state index is 12.9. The molecule has 1 heterocycles. The molecule has 1 aliphatic rings. The number of likely N-dealkylation sites (tertiary alicyclic amines) is 1. The van der Waals surface area contributed by atoms with Crippen molar-refractivity contribution in [3.8, 4) is 0 Å². The van der Waals surface area contributed by atoms with Crippen molar-refractivity contribution < 1.29 is 13.2 Å². The van der Waals surface area contributed by atoms with Gasteiger partial charge in [-0.1, -0.05) is 36.7 Å². The molecule has 1 aliphatic heterocycles. The number of rotatable bonds is 4. The lowest BCUT2D eigenvalue weighted by Crippen LogP contribution is -2.39. The fraction of sp³-hybridized carbons (Fsp3) is 0.350. The summed E-state index contributed by atoms with van der Waals surface area (Å²) in [7, 11) is -3.92. The third-order valence-corrected chi connectivity index (χ3v) is 6.65. The topological polar surface area (TPSA) is 66.5 Å². The molecular formula is C20H23ClN2O3S. The fourth-order valence-corrected chi connectivity index (χ4v) is 4.94. The van der Waals surface area contributed by atoms with Crippen LogP contribution in [0, 0.1) is 12.8 Å². The Labute approximate surface area is 165 Å². The molecule has 27 heavy (non-hydrogen) atoms. The van der Waals surface area contributed by atoms with E-state index in [0.717, 1.165) is 18.4 Å². The van der Waals surface area contributed by atoms with E-state index >= 15 is 0 Å². The molecule has 1 atom stereocenters. The molecule has 0 unspecified atom stereocenters. The molecule has 2 aromatic carbocycles. The van der Waals surface area contributed by atoms with Gasteiger partial charge in [0.05, 0.1) is 10.7 Å². The van der Waals surface area contributed by atoms with E-state index in [-0.39, 0.29) is 15.8 Å². The van der Waals surface area contributed by atoms with Gasteiger partial charge < -0.3 is 4.90 Å². The van der Waals surface area contributed by atoms with Gasteiger partial charge in [0.1, 0.15) is 4.90 Å². The molecule has 144 valence electrons. The monoisotopic (exact) mass is 406 g/mol. The van der Waals surface area contributed by atoms with Gasteiger partial charge in [0.25, 0.3) is 15.9 Å². The molecule has 0 radical (unpaired) electrons. The van der Waals surface area contributed by atoms with E-state index in [1.807, 2.05) is 19.1 Å². The Morgan fingerprint density at radius 3 is 2.67 bits per heavy atom. The number of carbonyl (C=O) groups is 1. The van der Waals surface area contributed by atoms with Gasteiger partial charge in [-0.2, -0.15) is 0 Å². The minimum Gasteiger partial charge on any atom is -0.338 e. The minimum absolute atomic E-state index is 0.0830. The van der Waals surface area contributed by atoms with E-state index in [1.165, 1.54) is 12.1 Å². The molecule has 0 spiro atoms. The van der Waals surface area contributed by atoms with Crippen molar-refractivity contribution >= 4 is 33.2 Å². The summed E-state index contributed by atoms with van der Waals surface area (Å²) in [5.41, 5.74) is 1.61. The van der Waals surface area contributed by atoms with Gasteiger partial charge in [-0.3, -0.25) is 9.52 Å². The Morgan fingerprint density at radius 1 is 1.22 bits per heavy atom. The highest BCUT2D eigenvalue weighted by Gasteiger charge is 2.25. The number of aryl methyl sites for hydroxylation is 1. The van der Waals surface area contributed by atoms with Crippen molar-refractivity contribution in [2.24, 2.45) is 5.92 Å². The van der Waals surface area contributed by atoms with Crippen molar-refractivity contribution in [2.75, 3.05) is 17.8 Å². The molecule has 5 nitrogen and oxygen atoms in total. The third-order valence-electron chi connectivity index (χ3n) is 4.80. The van der Waals surface area contributed by atoms with Gasteiger partial charge in [0.15, 0.2) is 0 Å². The van der Waals surface area contributed by atoms with E-state index in [2.05, 4.69) is 11.6 Å². The van der Waals surface area contributed by atoms with Crippen molar-refractivity contribution in [1.82, 2.24) is 4.90 Å². The summed E-state index contributed by atoms with van der Waals surface area (Å²) in [6.45, 7) is 5.31. The molecule has 3 rings (SSSR count). The number of piperidine rings is 1. The van der Waals surface area contributed by atoms with Crippen LogP contribution in [0.4, 0.5) is 5.69 Å². The highest BCUT2D eigenvalue weighted by molar-refractivity contribution is 7.92. The molecule has 1 amide bonds. The zero-order chi connectivity index (χ0) is 19.6. The number of nitrogens with zero attached hydrogens (tertiary/aromatic N) is 1. The van der Waals surface area contributed by atoms with Crippen molar-refractivity contribution in [2.45, 2.75) is 31.6 Å². The number of benzene rings is 2. The van der Waals surface area contributed by atoms with E-state index in [9.17, 15) is 13.2 Å². The van der Waals surface area contributed by atoms with Gasteiger partial charge in [0.2, 0.25) is 0 Å². The lowest BCUT2D eigenvalue weighted by atomic mass is 9.99. The number of hydrogen-bond acceptors (Lipinski definition) is 3.